The first-order chi connectivity index (χ1) is 11.6. The summed E-state index contributed by atoms with van der Waals surface area (Å²) in [6.07, 6.45) is 0. The van der Waals surface area contributed by atoms with Crippen molar-refractivity contribution in [3.63, 3.8) is 0 Å². The first-order valence-corrected chi connectivity index (χ1v) is 8.87. The van der Waals surface area contributed by atoms with Gasteiger partial charge in [0, 0.05) is 15.8 Å². The van der Waals surface area contributed by atoms with Gasteiger partial charge in [0.15, 0.2) is 0 Å². The Labute approximate surface area is 152 Å². The fourth-order valence-corrected chi connectivity index (χ4v) is 4.52. The average Bonchev–Trinajstić information content (AvgIpc) is 2.93. The van der Waals surface area contributed by atoms with Gasteiger partial charge < -0.3 is 5.32 Å². The number of hydrogen-bond acceptors (Lipinski definition) is 2. The molecule has 2 nitrogen and oxygen atoms in total. The Bertz CT molecular complexity index is 1090. The zero-order chi connectivity index (χ0) is 16.7. The molecule has 24 heavy (non-hydrogen) atoms. The molecule has 1 heterocycles. The monoisotopic (exact) mass is 371 g/mol. The predicted molar refractivity (Wildman–Crippen MR) is 104 cm³/mol. The molecule has 0 spiro atoms. The van der Waals surface area contributed by atoms with E-state index in [1.807, 2.05) is 54.6 Å². The lowest BCUT2D eigenvalue weighted by Crippen LogP contribution is -2.10. The Morgan fingerprint density at radius 1 is 0.917 bits per heavy atom. The number of carbonyl (C=O) groups excluding carboxylic acids is 1. The van der Waals surface area contributed by atoms with Crippen LogP contribution >= 0.6 is 34.5 Å². The summed E-state index contributed by atoms with van der Waals surface area (Å²) in [7, 11) is 0. The van der Waals surface area contributed by atoms with E-state index in [4.69, 9.17) is 23.2 Å². The van der Waals surface area contributed by atoms with Crippen molar-refractivity contribution in [1.82, 2.24) is 0 Å². The molecule has 0 fully saturated rings. The Morgan fingerprint density at radius 2 is 1.71 bits per heavy atom. The third kappa shape index (κ3) is 2.65. The normalized spacial score (nSPS) is 11.1. The molecule has 0 aliphatic carbocycles. The van der Waals surface area contributed by atoms with Crippen molar-refractivity contribution < 1.29 is 4.79 Å². The molecule has 0 aliphatic rings. The van der Waals surface area contributed by atoms with E-state index in [2.05, 4.69) is 5.32 Å². The molecule has 0 radical (unpaired) electrons. The summed E-state index contributed by atoms with van der Waals surface area (Å²) in [5, 5.41) is 6.80. The number of benzene rings is 3. The number of halogens is 2. The molecule has 1 amide bonds. The van der Waals surface area contributed by atoms with Crippen LogP contribution in [0.5, 0.6) is 0 Å². The van der Waals surface area contributed by atoms with Crippen LogP contribution in [0.4, 0.5) is 5.69 Å². The van der Waals surface area contributed by atoms with Gasteiger partial charge in [-0.25, -0.2) is 0 Å². The third-order valence-corrected chi connectivity index (χ3v) is 5.78. The molecule has 1 aromatic heterocycles. The molecule has 0 aliphatic heterocycles. The van der Waals surface area contributed by atoms with Crippen LogP contribution in [0.2, 0.25) is 10.0 Å². The lowest BCUT2D eigenvalue weighted by Gasteiger charge is -2.06. The molecular formula is C19H11Cl2NOS. The van der Waals surface area contributed by atoms with Gasteiger partial charge in [-0.15, -0.1) is 11.3 Å². The maximum Gasteiger partial charge on any atom is 0.267 e. The fraction of sp³-hybridized carbons (Fsp3) is 0. The molecule has 4 aromatic rings. The number of fused-ring (bicyclic) bond motifs is 2. The van der Waals surface area contributed by atoms with Crippen molar-refractivity contribution in [1.29, 1.82) is 0 Å². The van der Waals surface area contributed by atoms with E-state index in [9.17, 15) is 4.79 Å². The van der Waals surface area contributed by atoms with Gasteiger partial charge in [0.05, 0.1) is 10.0 Å². The van der Waals surface area contributed by atoms with Crippen molar-refractivity contribution in [3.05, 3.63) is 75.6 Å². The Balaban J connectivity index is 1.70. The number of amides is 1. The minimum absolute atomic E-state index is 0.229. The lowest BCUT2D eigenvalue weighted by molar-refractivity contribution is 0.103. The first-order valence-electron chi connectivity index (χ1n) is 7.30. The number of hydrogen-bond donors (Lipinski definition) is 1. The van der Waals surface area contributed by atoms with Crippen molar-refractivity contribution in [2.75, 3.05) is 5.32 Å². The second-order valence-electron chi connectivity index (χ2n) is 5.37. The molecule has 4 rings (SSSR count). The zero-order valence-corrected chi connectivity index (χ0v) is 14.7. The lowest BCUT2D eigenvalue weighted by atomic mass is 10.1. The molecule has 5 heteroatoms. The highest BCUT2D eigenvalue weighted by Gasteiger charge is 2.19. The molecule has 0 atom stereocenters. The van der Waals surface area contributed by atoms with Crippen LogP contribution in [0.3, 0.4) is 0 Å². The van der Waals surface area contributed by atoms with Crippen LogP contribution in [0.25, 0.3) is 20.9 Å². The molecular weight excluding hydrogens is 361 g/mol. The first kappa shape index (κ1) is 15.5. The third-order valence-electron chi connectivity index (χ3n) is 3.82. The summed E-state index contributed by atoms with van der Waals surface area (Å²) in [6.45, 7) is 0. The van der Waals surface area contributed by atoms with E-state index >= 15 is 0 Å². The van der Waals surface area contributed by atoms with Crippen molar-refractivity contribution in [3.8, 4) is 0 Å². The summed E-state index contributed by atoms with van der Waals surface area (Å²) in [5.41, 5.74) is 0.735. The van der Waals surface area contributed by atoms with Crippen molar-refractivity contribution in [2.24, 2.45) is 0 Å². The fourth-order valence-electron chi connectivity index (χ4n) is 2.67. The molecule has 0 bridgehead atoms. The average molecular weight is 372 g/mol. The zero-order valence-electron chi connectivity index (χ0n) is 12.3. The molecule has 0 unspecified atom stereocenters. The smallest absolute Gasteiger partial charge is 0.267 e. The van der Waals surface area contributed by atoms with Gasteiger partial charge in [0.25, 0.3) is 5.91 Å². The van der Waals surface area contributed by atoms with Crippen molar-refractivity contribution >= 4 is 67.0 Å². The standard InChI is InChI=1S/C19H11Cl2NOS/c20-14-6-3-7-15-16(14)17(21)18(24-15)19(23)22-13-9-8-11-4-1-2-5-12(11)10-13/h1-10H,(H,22,23). The number of thiophene rings is 1. The van der Waals surface area contributed by atoms with Crippen LogP contribution in [0.15, 0.2) is 60.7 Å². The molecule has 0 saturated carbocycles. The van der Waals surface area contributed by atoms with Gasteiger partial charge in [-0.2, -0.15) is 0 Å². The van der Waals surface area contributed by atoms with Gasteiger partial charge >= 0.3 is 0 Å². The van der Waals surface area contributed by atoms with Crippen LogP contribution in [-0.4, -0.2) is 5.91 Å². The van der Waals surface area contributed by atoms with E-state index < -0.39 is 0 Å². The van der Waals surface area contributed by atoms with Crippen LogP contribution < -0.4 is 5.32 Å². The highest BCUT2D eigenvalue weighted by Crippen LogP contribution is 2.39. The van der Waals surface area contributed by atoms with Gasteiger partial charge in [-0.3, -0.25) is 4.79 Å². The molecule has 1 N–H and O–H groups in total. The summed E-state index contributed by atoms with van der Waals surface area (Å²) in [5.74, 6) is -0.229. The highest BCUT2D eigenvalue weighted by molar-refractivity contribution is 7.21. The van der Waals surface area contributed by atoms with Gasteiger partial charge in [0.1, 0.15) is 4.88 Å². The topological polar surface area (TPSA) is 29.1 Å². The van der Waals surface area contributed by atoms with E-state index in [1.165, 1.54) is 11.3 Å². The predicted octanol–water partition coefficient (Wildman–Crippen LogP) is 6.61. The molecule has 3 aromatic carbocycles. The number of rotatable bonds is 2. The van der Waals surface area contributed by atoms with Crippen LogP contribution in [0.1, 0.15) is 9.67 Å². The van der Waals surface area contributed by atoms with E-state index in [1.54, 1.807) is 6.07 Å². The maximum atomic E-state index is 12.6. The van der Waals surface area contributed by atoms with Crippen LogP contribution in [-0.2, 0) is 0 Å². The van der Waals surface area contributed by atoms with E-state index in [-0.39, 0.29) is 5.91 Å². The number of nitrogens with one attached hydrogen (secondary N) is 1. The van der Waals surface area contributed by atoms with Gasteiger partial charge in [-0.1, -0.05) is 59.6 Å². The minimum atomic E-state index is -0.229. The maximum absolute atomic E-state index is 12.6. The second kappa shape index (κ2) is 6.10. The van der Waals surface area contributed by atoms with E-state index in [0.717, 1.165) is 26.5 Å². The van der Waals surface area contributed by atoms with Gasteiger partial charge in [0.2, 0.25) is 0 Å². The van der Waals surface area contributed by atoms with Gasteiger partial charge in [-0.05, 0) is 35.0 Å². The van der Waals surface area contributed by atoms with Crippen molar-refractivity contribution in [2.45, 2.75) is 0 Å². The SMILES string of the molecule is O=C(Nc1ccc2ccccc2c1)c1sc2cccc(Cl)c2c1Cl. The summed E-state index contributed by atoms with van der Waals surface area (Å²) in [4.78, 5) is 13.1. The highest BCUT2D eigenvalue weighted by atomic mass is 35.5. The summed E-state index contributed by atoms with van der Waals surface area (Å²) >= 11 is 13.9. The number of carbonyl (C=O) groups is 1. The molecule has 118 valence electrons. The van der Waals surface area contributed by atoms with E-state index in [0.29, 0.717) is 14.9 Å². The Hall–Kier alpha value is -2.07. The second-order valence-corrected chi connectivity index (χ2v) is 7.21. The Kier molecular flexibility index (Phi) is 3.93. The largest absolute Gasteiger partial charge is 0.321 e. The Morgan fingerprint density at radius 3 is 2.50 bits per heavy atom. The van der Waals surface area contributed by atoms with Crippen LogP contribution in [0, 0.1) is 0 Å². The molecule has 0 saturated heterocycles. The number of anilines is 1. The summed E-state index contributed by atoms with van der Waals surface area (Å²) < 4.78 is 0.899. The minimum Gasteiger partial charge on any atom is -0.321 e. The summed E-state index contributed by atoms with van der Waals surface area (Å²) in [6, 6.07) is 19.3. The quantitative estimate of drug-likeness (QED) is 0.421.